The molecule has 0 radical (unpaired) electrons. The van der Waals surface area contributed by atoms with Crippen LogP contribution in [0.3, 0.4) is 0 Å². The lowest BCUT2D eigenvalue weighted by Gasteiger charge is -2.08. The molecule has 0 spiro atoms. The average molecular weight is 457 g/mol. The van der Waals surface area contributed by atoms with Crippen molar-refractivity contribution in [3.8, 4) is 27.8 Å². The Morgan fingerprint density at radius 2 is 1.84 bits per heavy atom. The van der Waals surface area contributed by atoms with Gasteiger partial charge >= 0.3 is 5.97 Å². The minimum Gasteiger partial charge on any atom is -0.493 e. The summed E-state index contributed by atoms with van der Waals surface area (Å²) in [5.74, 6) is 0.915. The number of methoxy groups -OCH3 is 2. The van der Waals surface area contributed by atoms with Crippen LogP contribution < -0.4 is 19.5 Å². The smallest absolute Gasteiger partial charge is 0.344 e. The number of rotatable bonds is 9. The van der Waals surface area contributed by atoms with Crippen LogP contribution >= 0.6 is 11.3 Å². The summed E-state index contributed by atoms with van der Waals surface area (Å²) in [6, 6.07) is 12.3. The standard InChI is InChI=1S/C23H24N2O6S/c1-5-30-20(26)13-31-17-8-6-7-16(12-17)25-22(27)21-14(2)24-23(32-21)15-9-10-18(28-3)19(11-15)29-4/h6-12H,5,13H2,1-4H3,(H,25,27). The number of hydrogen-bond donors (Lipinski definition) is 1. The third kappa shape index (κ3) is 5.55. The third-order valence-corrected chi connectivity index (χ3v) is 5.59. The van der Waals surface area contributed by atoms with Gasteiger partial charge in [-0.15, -0.1) is 11.3 Å². The fraction of sp³-hybridized carbons (Fsp3) is 0.261. The highest BCUT2D eigenvalue weighted by Gasteiger charge is 2.18. The number of nitrogens with zero attached hydrogens (tertiary/aromatic N) is 1. The normalized spacial score (nSPS) is 10.4. The van der Waals surface area contributed by atoms with Crippen LogP contribution in [0.25, 0.3) is 10.6 Å². The van der Waals surface area contributed by atoms with Gasteiger partial charge in [0.05, 0.1) is 26.5 Å². The first kappa shape index (κ1) is 23.1. The maximum atomic E-state index is 12.9. The van der Waals surface area contributed by atoms with Crippen molar-refractivity contribution in [2.75, 3.05) is 32.8 Å². The molecule has 168 valence electrons. The summed E-state index contributed by atoms with van der Waals surface area (Å²) in [6.45, 7) is 3.60. The Morgan fingerprint density at radius 3 is 2.56 bits per heavy atom. The summed E-state index contributed by atoms with van der Waals surface area (Å²) in [6.07, 6.45) is 0. The number of benzene rings is 2. The first-order valence-electron chi connectivity index (χ1n) is 9.84. The van der Waals surface area contributed by atoms with Crippen LogP contribution in [0, 0.1) is 6.92 Å². The van der Waals surface area contributed by atoms with Gasteiger partial charge in [-0.1, -0.05) is 6.07 Å². The molecular formula is C23H24N2O6S. The monoisotopic (exact) mass is 456 g/mol. The number of amides is 1. The molecule has 32 heavy (non-hydrogen) atoms. The van der Waals surface area contributed by atoms with Crippen LogP contribution in [0.5, 0.6) is 17.2 Å². The van der Waals surface area contributed by atoms with Crippen LogP contribution in [0.2, 0.25) is 0 Å². The van der Waals surface area contributed by atoms with Gasteiger partial charge in [-0.2, -0.15) is 0 Å². The summed E-state index contributed by atoms with van der Waals surface area (Å²) in [7, 11) is 3.14. The number of carbonyl (C=O) groups excluding carboxylic acids is 2. The molecule has 0 atom stereocenters. The summed E-state index contributed by atoms with van der Waals surface area (Å²) in [4.78, 5) is 29.4. The van der Waals surface area contributed by atoms with Crippen LogP contribution in [0.1, 0.15) is 22.3 Å². The van der Waals surface area contributed by atoms with Gasteiger partial charge in [0.1, 0.15) is 15.6 Å². The van der Waals surface area contributed by atoms with Gasteiger partial charge in [-0.05, 0) is 44.2 Å². The number of esters is 1. The SMILES string of the molecule is CCOC(=O)COc1cccc(NC(=O)c2sc(-c3ccc(OC)c(OC)c3)nc2C)c1. The van der Waals surface area contributed by atoms with Gasteiger partial charge in [0.25, 0.3) is 5.91 Å². The van der Waals surface area contributed by atoms with Gasteiger partial charge in [0, 0.05) is 17.3 Å². The molecule has 0 bridgehead atoms. The highest BCUT2D eigenvalue weighted by atomic mass is 32.1. The molecule has 1 aromatic heterocycles. The van der Waals surface area contributed by atoms with Crippen LogP contribution in [0.15, 0.2) is 42.5 Å². The first-order chi connectivity index (χ1) is 15.4. The number of thiazole rings is 1. The largest absolute Gasteiger partial charge is 0.493 e. The summed E-state index contributed by atoms with van der Waals surface area (Å²) < 4.78 is 20.9. The number of aromatic nitrogens is 1. The summed E-state index contributed by atoms with van der Waals surface area (Å²) in [5.41, 5.74) is 1.98. The quantitative estimate of drug-likeness (QED) is 0.479. The Hall–Kier alpha value is -3.59. The van der Waals surface area contributed by atoms with E-state index in [1.807, 2.05) is 12.1 Å². The fourth-order valence-corrected chi connectivity index (χ4v) is 3.85. The van der Waals surface area contributed by atoms with Gasteiger partial charge < -0.3 is 24.3 Å². The molecule has 1 amide bonds. The van der Waals surface area contributed by atoms with Crippen molar-refractivity contribution >= 4 is 28.9 Å². The van der Waals surface area contributed by atoms with E-state index < -0.39 is 5.97 Å². The molecule has 0 aliphatic carbocycles. The van der Waals surface area contributed by atoms with E-state index in [0.29, 0.717) is 38.5 Å². The van der Waals surface area contributed by atoms with Crippen molar-refractivity contribution in [3.05, 3.63) is 53.0 Å². The first-order valence-corrected chi connectivity index (χ1v) is 10.7. The number of anilines is 1. The molecule has 9 heteroatoms. The van der Waals surface area contributed by atoms with Crippen molar-refractivity contribution in [1.29, 1.82) is 0 Å². The second-order valence-electron chi connectivity index (χ2n) is 6.58. The second-order valence-corrected chi connectivity index (χ2v) is 7.58. The zero-order valence-corrected chi connectivity index (χ0v) is 19.1. The van der Waals surface area contributed by atoms with Crippen molar-refractivity contribution in [1.82, 2.24) is 4.98 Å². The van der Waals surface area contributed by atoms with E-state index in [1.165, 1.54) is 11.3 Å². The zero-order chi connectivity index (χ0) is 23.1. The van der Waals surface area contributed by atoms with E-state index in [-0.39, 0.29) is 19.1 Å². The molecule has 0 saturated carbocycles. The van der Waals surface area contributed by atoms with E-state index >= 15 is 0 Å². The van der Waals surface area contributed by atoms with E-state index in [2.05, 4.69) is 10.3 Å². The Morgan fingerprint density at radius 1 is 1.06 bits per heavy atom. The lowest BCUT2D eigenvalue weighted by atomic mass is 10.2. The molecule has 0 unspecified atom stereocenters. The number of carbonyl (C=O) groups is 2. The van der Waals surface area contributed by atoms with Crippen molar-refractivity contribution in [2.24, 2.45) is 0 Å². The predicted molar refractivity (Wildman–Crippen MR) is 122 cm³/mol. The number of hydrogen-bond acceptors (Lipinski definition) is 8. The minimum atomic E-state index is -0.454. The van der Waals surface area contributed by atoms with Gasteiger partial charge in [0.2, 0.25) is 0 Å². The second kappa shape index (κ2) is 10.6. The topological polar surface area (TPSA) is 96.0 Å². The lowest BCUT2D eigenvalue weighted by Crippen LogP contribution is -2.15. The highest BCUT2D eigenvalue weighted by molar-refractivity contribution is 7.17. The van der Waals surface area contributed by atoms with E-state index in [0.717, 1.165) is 5.56 Å². The van der Waals surface area contributed by atoms with E-state index in [4.69, 9.17) is 18.9 Å². The Labute approximate surface area is 190 Å². The average Bonchev–Trinajstić information content (AvgIpc) is 3.19. The van der Waals surface area contributed by atoms with Gasteiger partial charge in [-0.3, -0.25) is 4.79 Å². The molecular weight excluding hydrogens is 432 g/mol. The third-order valence-electron chi connectivity index (χ3n) is 4.39. The van der Waals surface area contributed by atoms with Crippen LogP contribution in [-0.2, 0) is 9.53 Å². The zero-order valence-electron chi connectivity index (χ0n) is 18.3. The number of ether oxygens (including phenoxy) is 4. The molecule has 0 aliphatic heterocycles. The van der Waals surface area contributed by atoms with Crippen LogP contribution in [-0.4, -0.2) is 44.3 Å². The Kier molecular flexibility index (Phi) is 7.67. The van der Waals surface area contributed by atoms with Crippen molar-refractivity contribution in [2.45, 2.75) is 13.8 Å². The van der Waals surface area contributed by atoms with E-state index in [1.54, 1.807) is 58.4 Å². The van der Waals surface area contributed by atoms with Gasteiger partial charge in [0.15, 0.2) is 18.1 Å². The molecule has 8 nitrogen and oxygen atoms in total. The molecule has 0 fully saturated rings. The number of nitrogens with one attached hydrogen (secondary N) is 1. The summed E-state index contributed by atoms with van der Waals surface area (Å²) >= 11 is 1.28. The van der Waals surface area contributed by atoms with Crippen molar-refractivity contribution in [3.63, 3.8) is 0 Å². The summed E-state index contributed by atoms with van der Waals surface area (Å²) in [5, 5.41) is 3.54. The molecule has 0 aliphatic rings. The fourth-order valence-electron chi connectivity index (χ4n) is 2.90. The number of aryl methyl sites for hydroxylation is 1. The molecule has 3 aromatic rings. The molecule has 1 N–H and O–H groups in total. The Balaban J connectivity index is 1.73. The molecule has 1 heterocycles. The maximum Gasteiger partial charge on any atom is 0.344 e. The minimum absolute atomic E-state index is 0.201. The van der Waals surface area contributed by atoms with E-state index in [9.17, 15) is 9.59 Å². The lowest BCUT2D eigenvalue weighted by molar-refractivity contribution is -0.145. The van der Waals surface area contributed by atoms with Crippen LogP contribution in [0.4, 0.5) is 5.69 Å². The molecule has 2 aromatic carbocycles. The Bertz CT molecular complexity index is 1110. The predicted octanol–water partition coefficient (Wildman–Crippen LogP) is 4.33. The van der Waals surface area contributed by atoms with Crippen molar-refractivity contribution < 1.29 is 28.5 Å². The molecule has 0 saturated heterocycles. The molecule has 3 rings (SSSR count). The highest BCUT2D eigenvalue weighted by Crippen LogP contribution is 2.35. The van der Waals surface area contributed by atoms with Gasteiger partial charge in [-0.25, -0.2) is 9.78 Å². The maximum absolute atomic E-state index is 12.9.